The SMILES string of the molecule is C/C(=C\CNC(=O)c1ccc(NC(=O)OCC2c3ccccc3-c3ccccc32)c(Br)c1)C(=O)O. The molecule has 0 saturated heterocycles. The summed E-state index contributed by atoms with van der Waals surface area (Å²) in [5.41, 5.74) is 5.54. The Morgan fingerprint density at radius 1 is 1.00 bits per heavy atom. The van der Waals surface area contributed by atoms with Crippen LogP contribution in [0.25, 0.3) is 11.1 Å². The van der Waals surface area contributed by atoms with Crippen LogP contribution in [0.2, 0.25) is 0 Å². The molecule has 2 amide bonds. The molecular weight excluding hydrogens is 512 g/mol. The van der Waals surface area contributed by atoms with Gasteiger partial charge in [0.1, 0.15) is 6.61 Å². The van der Waals surface area contributed by atoms with Crippen LogP contribution in [0.5, 0.6) is 0 Å². The van der Waals surface area contributed by atoms with Gasteiger partial charge in [-0.05, 0) is 63.3 Å². The average Bonchev–Trinajstić information content (AvgIpc) is 3.17. The standard InChI is InChI=1S/C27H23BrN2O5/c1-16(26(32)33)12-13-29-25(31)17-10-11-24(23(28)14-17)30-27(34)35-15-22-20-8-4-2-6-18(20)19-7-3-5-9-21(19)22/h2-12,14,22H,13,15H2,1H3,(H,29,31)(H,30,34)(H,32,33)/b16-12+. The number of aliphatic carboxylic acids is 1. The number of carbonyl (C=O) groups is 3. The van der Waals surface area contributed by atoms with Gasteiger partial charge in [-0.2, -0.15) is 0 Å². The summed E-state index contributed by atoms with van der Waals surface area (Å²) in [6.45, 7) is 1.74. The van der Waals surface area contributed by atoms with Gasteiger partial charge in [0.05, 0.1) is 5.69 Å². The van der Waals surface area contributed by atoms with Crippen molar-refractivity contribution in [3.05, 3.63) is 99.5 Å². The van der Waals surface area contributed by atoms with E-state index in [1.54, 1.807) is 18.2 Å². The van der Waals surface area contributed by atoms with E-state index in [-0.39, 0.29) is 30.5 Å². The molecule has 7 nitrogen and oxygen atoms in total. The number of rotatable bonds is 7. The first-order valence-electron chi connectivity index (χ1n) is 10.9. The van der Waals surface area contributed by atoms with Crippen LogP contribution in [0.4, 0.5) is 10.5 Å². The van der Waals surface area contributed by atoms with Crippen LogP contribution in [0.1, 0.15) is 34.3 Å². The van der Waals surface area contributed by atoms with Crippen molar-refractivity contribution >= 4 is 39.6 Å². The highest BCUT2D eigenvalue weighted by molar-refractivity contribution is 9.10. The van der Waals surface area contributed by atoms with Crippen LogP contribution in [-0.4, -0.2) is 36.2 Å². The van der Waals surface area contributed by atoms with E-state index in [9.17, 15) is 14.4 Å². The second kappa shape index (κ2) is 10.6. The van der Waals surface area contributed by atoms with Crippen LogP contribution in [0.3, 0.4) is 0 Å². The number of hydrogen-bond acceptors (Lipinski definition) is 4. The number of halogens is 1. The first kappa shape index (κ1) is 24.2. The third-order valence-electron chi connectivity index (χ3n) is 5.82. The minimum Gasteiger partial charge on any atom is -0.478 e. The maximum Gasteiger partial charge on any atom is 0.411 e. The van der Waals surface area contributed by atoms with Crippen molar-refractivity contribution in [3.63, 3.8) is 0 Å². The van der Waals surface area contributed by atoms with E-state index >= 15 is 0 Å². The number of hydrogen-bond donors (Lipinski definition) is 3. The van der Waals surface area contributed by atoms with Gasteiger partial charge in [-0.1, -0.05) is 54.6 Å². The number of ether oxygens (including phenoxy) is 1. The molecule has 0 spiro atoms. The van der Waals surface area contributed by atoms with Crippen LogP contribution >= 0.6 is 15.9 Å². The van der Waals surface area contributed by atoms with Crippen LogP contribution in [0, 0.1) is 0 Å². The first-order valence-corrected chi connectivity index (χ1v) is 11.7. The van der Waals surface area contributed by atoms with E-state index in [0.29, 0.717) is 15.7 Å². The lowest BCUT2D eigenvalue weighted by atomic mass is 9.98. The first-order chi connectivity index (χ1) is 16.8. The van der Waals surface area contributed by atoms with Gasteiger partial charge >= 0.3 is 12.1 Å². The summed E-state index contributed by atoms with van der Waals surface area (Å²) in [5.74, 6) is -1.44. The van der Waals surface area contributed by atoms with Gasteiger partial charge in [0.2, 0.25) is 0 Å². The molecule has 178 valence electrons. The molecule has 0 heterocycles. The molecule has 35 heavy (non-hydrogen) atoms. The Hall–Kier alpha value is -3.91. The lowest BCUT2D eigenvalue weighted by molar-refractivity contribution is -0.132. The number of anilines is 1. The number of carboxylic acids is 1. The Bertz CT molecular complexity index is 1290. The molecule has 0 bridgehead atoms. The molecule has 4 rings (SSSR count). The van der Waals surface area contributed by atoms with Crippen LogP contribution < -0.4 is 10.6 Å². The van der Waals surface area contributed by atoms with Crippen molar-refractivity contribution in [2.45, 2.75) is 12.8 Å². The summed E-state index contributed by atoms with van der Waals surface area (Å²) in [4.78, 5) is 35.7. The van der Waals surface area contributed by atoms with E-state index in [2.05, 4.69) is 50.8 Å². The third-order valence-corrected chi connectivity index (χ3v) is 6.48. The predicted molar refractivity (Wildman–Crippen MR) is 137 cm³/mol. The molecule has 8 heteroatoms. The molecule has 0 aliphatic heterocycles. The smallest absolute Gasteiger partial charge is 0.411 e. The monoisotopic (exact) mass is 534 g/mol. The van der Waals surface area contributed by atoms with E-state index in [1.807, 2.05) is 24.3 Å². The predicted octanol–water partition coefficient (Wildman–Crippen LogP) is 5.57. The zero-order valence-corrected chi connectivity index (χ0v) is 20.5. The molecule has 0 saturated carbocycles. The lowest BCUT2D eigenvalue weighted by Gasteiger charge is -2.15. The van der Waals surface area contributed by atoms with Gasteiger partial charge in [0.15, 0.2) is 0 Å². The number of carboxylic acid groups (broad SMARTS) is 1. The van der Waals surface area contributed by atoms with Crippen molar-refractivity contribution in [2.75, 3.05) is 18.5 Å². The zero-order valence-electron chi connectivity index (χ0n) is 18.9. The topological polar surface area (TPSA) is 105 Å². The molecular formula is C27H23BrN2O5. The second-order valence-corrected chi connectivity index (χ2v) is 8.90. The highest BCUT2D eigenvalue weighted by Crippen LogP contribution is 2.44. The number of benzene rings is 3. The number of nitrogens with one attached hydrogen (secondary N) is 2. The molecule has 3 aromatic carbocycles. The Morgan fingerprint density at radius 3 is 2.23 bits per heavy atom. The number of fused-ring (bicyclic) bond motifs is 3. The Labute approximate surface area is 210 Å². The number of carbonyl (C=O) groups excluding carboxylic acids is 2. The highest BCUT2D eigenvalue weighted by atomic mass is 79.9. The lowest BCUT2D eigenvalue weighted by Crippen LogP contribution is -2.24. The van der Waals surface area contributed by atoms with Crippen molar-refractivity contribution in [3.8, 4) is 11.1 Å². The van der Waals surface area contributed by atoms with Gasteiger partial charge in [-0.25, -0.2) is 9.59 Å². The van der Waals surface area contributed by atoms with Crippen molar-refractivity contribution in [2.24, 2.45) is 0 Å². The largest absolute Gasteiger partial charge is 0.478 e. The van der Waals surface area contributed by atoms with Crippen molar-refractivity contribution in [1.29, 1.82) is 0 Å². The summed E-state index contributed by atoms with van der Waals surface area (Å²) >= 11 is 3.37. The third kappa shape index (κ3) is 5.44. The molecule has 0 fully saturated rings. The summed E-state index contributed by atoms with van der Waals surface area (Å²) in [5, 5.41) is 14.2. The molecule has 0 radical (unpaired) electrons. The average molecular weight is 535 g/mol. The Morgan fingerprint density at radius 2 is 1.63 bits per heavy atom. The minimum atomic E-state index is -1.04. The van der Waals surface area contributed by atoms with Gasteiger partial charge in [0, 0.05) is 28.1 Å². The Balaban J connectivity index is 1.36. The minimum absolute atomic E-state index is 0.0403. The van der Waals surface area contributed by atoms with E-state index in [4.69, 9.17) is 9.84 Å². The summed E-state index contributed by atoms with van der Waals surface area (Å²) in [7, 11) is 0. The van der Waals surface area contributed by atoms with E-state index in [1.165, 1.54) is 13.0 Å². The summed E-state index contributed by atoms with van der Waals surface area (Å²) < 4.78 is 6.08. The van der Waals surface area contributed by atoms with Crippen molar-refractivity contribution in [1.82, 2.24) is 5.32 Å². The Kier molecular flexibility index (Phi) is 7.31. The fraction of sp³-hybridized carbons (Fsp3) is 0.148. The van der Waals surface area contributed by atoms with Crippen molar-refractivity contribution < 1.29 is 24.2 Å². The van der Waals surface area contributed by atoms with Gasteiger partial charge in [0.25, 0.3) is 5.91 Å². The van der Waals surface area contributed by atoms with E-state index in [0.717, 1.165) is 22.3 Å². The van der Waals surface area contributed by atoms with E-state index < -0.39 is 12.1 Å². The summed E-state index contributed by atoms with van der Waals surface area (Å²) in [6.07, 6.45) is 0.821. The quantitative estimate of drug-likeness (QED) is 0.343. The molecule has 0 atom stereocenters. The molecule has 1 aliphatic rings. The molecule has 0 unspecified atom stereocenters. The van der Waals surface area contributed by atoms with Gasteiger partial charge in [-0.3, -0.25) is 10.1 Å². The molecule has 3 N–H and O–H groups in total. The number of amides is 2. The van der Waals surface area contributed by atoms with Gasteiger partial charge in [-0.15, -0.1) is 0 Å². The molecule has 1 aliphatic carbocycles. The summed E-state index contributed by atoms with van der Waals surface area (Å²) in [6, 6.07) is 21.0. The normalized spacial score (nSPS) is 12.5. The van der Waals surface area contributed by atoms with Gasteiger partial charge < -0.3 is 15.2 Å². The highest BCUT2D eigenvalue weighted by Gasteiger charge is 2.29. The molecule has 0 aromatic heterocycles. The molecule has 3 aromatic rings. The fourth-order valence-corrected chi connectivity index (χ4v) is 4.47. The second-order valence-electron chi connectivity index (χ2n) is 8.05. The maximum absolute atomic E-state index is 12.5. The fourth-order valence-electron chi connectivity index (χ4n) is 3.99. The van der Waals surface area contributed by atoms with Crippen LogP contribution in [-0.2, 0) is 9.53 Å². The maximum atomic E-state index is 12.5. The zero-order chi connectivity index (χ0) is 24.9. The van der Waals surface area contributed by atoms with Crippen LogP contribution in [0.15, 0.2) is 82.9 Å².